The highest BCUT2D eigenvalue weighted by molar-refractivity contribution is 5.81. The fourth-order valence-corrected chi connectivity index (χ4v) is 2.63. The van der Waals surface area contributed by atoms with Gasteiger partial charge in [-0.1, -0.05) is 72.8 Å². The number of rotatable bonds is 7. The molecule has 0 saturated heterocycles. The average Bonchev–Trinajstić information content (AvgIpc) is 2.68. The summed E-state index contributed by atoms with van der Waals surface area (Å²) in [4.78, 5) is 10.3. The van der Waals surface area contributed by atoms with E-state index in [0.29, 0.717) is 18.7 Å². The summed E-state index contributed by atoms with van der Waals surface area (Å²) < 4.78 is 0. The molecule has 3 rings (SSSR count). The maximum absolute atomic E-state index is 11.5. The van der Waals surface area contributed by atoms with Gasteiger partial charge < -0.3 is 5.11 Å². The highest BCUT2D eigenvalue weighted by Gasteiger charge is 2.08. The van der Waals surface area contributed by atoms with Crippen molar-refractivity contribution in [3.63, 3.8) is 0 Å². The van der Waals surface area contributed by atoms with Crippen molar-refractivity contribution >= 4 is 11.9 Å². The van der Waals surface area contributed by atoms with Gasteiger partial charge in [-0.2, -0.15) is 5.10 Å². The Hall–Kier alpha value is -3.67. The molecule has 6 nitrogen and oxygen atoms in total. The smallest absolute Gasteiger partial charge is 0.262 e. The van der Waals surface area contributed by atoms with Crippen LogP contribution in [-0.4, -0.2) is 16.1 Å². The molecule has 0 aliphatic heterocycles. The molecule has 0 unspecified atom stereocenters. The standard InChI is InChI=1S/C21H19N3O3/c25-21-12-11-19(13-20(21)24(26)27)14-22-23(15-17-7-3-1-4-8-17)16-18-9-5-2-6-10-18/h1-14,25H,15-16H2/p-1/b22-14-. The third-order valence-corrected chi connectivity index (χ3v) is 3.97. The van der Waals surface area contributed by atoms with Gasteiger partial charge in [-0.3, -0.25) is 15.1 Å². The zero-order chi connectivity index (χ0) is 19.1. The highest BCUT2D eigenvalue weighted by Crippen LogP contribution is 2.23. The minimum atomic E-state index is -0.675. The van der Waals surface area contributed by atoms with Crippen LogP contribution in [0.2, 0.25) is 0 Å². The van der Waals surface area contributed by atoms with E-state index in [1.807, 2.05) is 65.7 Å². The summed E-state index contributed by atoms with van der Waals surface area (Å²) in [6.07, 6.45) is 1.54. The first-order chi connectivity index (χ1) is 13.1. The molecular formula is C21H18N3O3-. The van der Waals surface area contributed by atoms with E-state index in [1.54, 1.807) is 0 Å². The monoisotopic (exact) mass is 360 g/mol. The largest absolute Gasteiger partial charge is 0.868 e. The Balaban J connectivity index is 1.83. The number of hydrogen-bond acceptors (Lipinski definition) is 5. The van der Waals surface area contributed by atoms with Crippen LogP contribution < -0.4 is 5.11 Å². The number of benzene rings is 3. The third-order valence-electron chi connectivity index (χ3n) is 3.97. The van der Waals surface area contributed by atoms with Crippen LogP contribution in [0.5, 0.6) is 5.75 Å². The molecule has 0 heterocycles. The predicted molar refractivity (Wildman–Crippen MR) is 102 cm³/mol. The van der Waals surface area contributed by atoms with E-state index < -0.39 is 16.4 Å². The van der Waals surface area contributed by atoms with Gasteiger partial charge in [-0.05, 0) is 16.9 Å². The van der Waals surface area contributed by atoms with Crippen LogP contribution >= 0.6 is 0 Å². The molecule has 0 saturated carbocycles. The SMILES string of the molecule is O=[N+]([O-])c1cc(/C=N\N(Cc2ccccc2)Cc2ccccc2)ccc1[O-]. The van der Waals surface area contributed by atoms with E-state index in [-0.39, 0.29) is 0 Å². The molecule has 0 aliphatic rings. The number of nitrogens with zero attached hydrogens (tertiary/aromatic N) is 3. The minimum Gasteiger partial charge on any atom is -0.868 e. The van der Waals surface area contributed by atoms with Crippen molar-refractivity contribution in [2.75, 3.05) is 0 Å². The van der Waals surface area contributed by atoms with Crippen molar-refractivity contribution in [3.8, 4) is 5.75 Å². The fourth-order valence-electron chi connectivity index (χ4n) is 2.63. The van der Waals surface area contributed by atoms with Crippen LogP contribution in [0.1, 0.15) is 16.7 Å². The van der Waals surface area contributed by atoms with Crippen molar-refractivity contribution < 1.29 is 10.0 Å². The summed E-state index contributed by atoms with van der Waals surface area (Å²) in [6, 6.07) is 23.8. The maximum Gasteiger partial charge on any atom is 0.262 e. The van der Waals surface area contributed by atoms with Crippen LogP contribution in [0.4, 0.5) is 5.69 Å². The summed E-state index contributed by atoms with van der Waals surface area (Å²) in [5, 5.41) is 28.9. The van der Waals surface area contributed by atoms with E-state index in [4.69, 9.17) is 0 Å². The van der Waals surface area contributed by atoms with Gasteiger partial charge in [0.15, 0.2) is 0 Å². The molecule has 3 aromatic rings. The Labute approximate surface area is 157 Å². The second-order valence-electron chi connectivity index (χ2n) is 6.02. The van der Waals surface area contributed by atoms with Crippen molar-refractivity contribution in [1.82, 2.24) is 5.01 Å². The van der Waals surface area contributed by atoms with Crippen LogP contribution in [0.25, 0.3) is 0 Å². The van der Waals surface area contributed by atoms with Crippen molar-refractivity contribution in [3.05, 3.63) is 106 Å². The molecule has 0 fully saturated rings. The Morgan fingerprint density at radius 2 is 1.44 bits per heavy atom. The zero-order valence-electron chi connectivity index (χ0n) is 14.6. The molecule has 0 radical (unpaired) electrons. The molecule has 0 atom stereocenters. The van der Waals surface area contributed by atoms with Crippen LogP contribution in [0.15, 0.2) is 84.0 Å². The topological polar surface area (TPSA) is 81.8 Å². The van der Waals surface area contributed by atoms with E-state index in [1.165, 1.54) is 24.4 Å². The number of nitro groups is 1. The lowest BCUT2D eigenvalue weighted by Crippen LogP contribution is -2.17. The summed E-state index contributed by atoms with van der Waals surface area (Å²) in [6.45, 7) is 1.18. The predicted octanol–water partition coefficient (Wildman–Crippen LogP) is 3.70. The van der Waals surface area contributed by atoms with Gasteiger partial charge in [-0.15, -0.1) is 0 Å². The Morgan fingerprint density at radius 1 is 0.889 bits per heavy atom. The molecule has 3 aromatic carbocycles. The Bertz CT molecular complexity index is 886. The number of nitro benzene ring substituents is 1. The molecule has 6 heteroatoms. The third kappa shape index (κ3) is 5.15. The second kappa shape index (κ2) is 8.62. The lowest BCUT2D eigenvalue weighted by atomic mass is 10.2. The number of hydrogen-bond donors (Lipinski definition) is 0. The molecule has 136 valence electrons. The Morgan fingerprint density at radius 3 is 1.96 bits per heavy atom. The van der Waals surface area contributed by atoms with E-state index in [9.17, 15) is 15.2 Å². The van der Waals surface area contributed by atoms with Crippen LogP contribution in [0, 0.1) is 10.1 Å². The first kappa shape index (κ1) is 18.1. The van der Waals surface area contributed by atoms with Crippen LogP contribution in [-0.2, 0) is 13.1 Å². The molecule has 0 aliphatic carbocycles. The molecule has 0 bridgehead atoms. The van der Waals surface area contributed by atoms with Gasteiger partial charge in [0.2, 0.25) is 0 Å². The lowest BCUT2D eigenvalue weighted by Gasteiger charge is -2.19. The second-order valence-corrected chi connectivity index (χ2v) is 6.02. The van der Waals surface area contributed by atoms with E-state index in [0.717, 1.165) is 11.1 Å². The maximum atomic E-state index is 11.5. The summed E-state index contributed by atoms with van der Waals surface area (Å²) in [5.41, 5.74) is 2.27. The zero-order valence-corrected chi connectivity index (χ0v) is 14.6. The molecule has 0 spiro atoms. The molecule has 27 heavy (non-hydrogen) atoms. The van der Waals surface area contributed by atoms with E-state index in [2.05, 4.69) is 5.10 Å². The Kier molecular flexibility index (Phi) is 5.79. The quantitative estimate of drug-likeness (QED) is 0.365. The van der Waals surface area contributed by atoms with Crippen molar-refractivity contribution in [2.45, 2.75) is 13.1 Å². The molecule has 0 aromatic heterocycles. The normalized spacial score (nSPS) is 10.8. The molecular weight excluding hydrogens is 342 g/mol. The highest BCUT2D eigenvalue weighted by atomic mass is 16.6. The van der Waals surface area contributed by atoms with Gasteiger partial charge in [-0.25, -0.2) is 0 Å². The van der Waals surface area contributed by atoms with Crippen molar-refractivity contribution in [2.24, 2.45) is 5.10 Å². The summed E-state index contributed by atoms with van der Waals surface area (Å²) >= 11 is 0. The van der Waals surface area contributed by atoms with Gasteiger partial charge in [0.1, 0.15) is 0 Å². The van der Waals surface area contributed by atoms with Gasteiger partial charge in [0, 0.05) is 11.6 Å². The number of hydrazone groups is 1. The van der Waals surface area contributed by atoms with Gasteiger partial charge in [0.05, 0.1) is 24.2 Å². The van der Waals surface area contributed by atoms with Gasteiger partial charge >= 0.3 is 0 Å². The van der Waals surface area contributed by atoms with Crippen LogP contribution in [0.3, 0.4) is 0 Å². The molecule has 0 N–H and O–H groups in total. The summed E-state index contributed by atoms with van der Waals surface area (Å²) in [5.74, 6) is -0.609. The molecule has 0 amide bonds. The lowest BCUT2D eigenvalue weighted by molar-refractivity contribution is -0.398. The minimum absolute atomic E-state index is 0.448. The van der Waals surface area contributed by atoms with Gasteiger partial charge in [0.25, 0.3) is 5.69 Å². The fraction of sp³-hybridized carbons (Fsp3) is 0.0952. The average molecular weight is 360 g/mol. The van der Waals surface area contributed by atoms with E-state index >= 15 is 0 Å². The first-order valence-corrected chi connectivity index (χ1v) is 8.44. The summed E-state index contributed by atoms with van der Waals surface area (Å²) in [7, 11) is 0. The van der Waals surface area contributed by atoms with Crippen molar-refractivity contribution in [1.29, 1.82) is 0 Å². The first-order valence-electron chi connectivity index (χ1n) is 8.44.